The van der Waals surface area contributed by atoms with Gasteiger partial charge in [0.1, 0.15) is 0 Å². The Labute approximate surface area is 204 Å². The van der Waals surface area contributed by atoms with E-state index in [0.717, 1.165) is 54.4 Å². The molecule has 9 nitrogen and oxygen atoms in total. The van der Waals surface area contributed by atoms with Crippen LogP contribution in [0.25, 0.3) is 0 Å². The summed E-state index contributed by atoms with van der Waals surface area (Å²) in [6.45, 7) is 7.79. The Hall–Kier alpha value is -2.88. The van der Waals surface area contributed by atoms with Crippen LogP contribution in [0.1, 0.15) is 45.1 Å². The highest BCUT2D eigenvalue weighted by Gasteiger charge is 2.30. The Morgan fingerprint density at radius 3 is 2.68 bits per heavy atom. The van der Waals surface area contributed by atoms with E-state index in [1.807, 2.05) is 32.0 Å². The lowest BCUT2D eigenvalue weighted by atomic mass is 9.97. The summed E-state index contributed by atoms with van der Waals surface area (Å²) in [7, 11) is 0. The van der Waals surface area contributed by atoms with Gasteiger partial charge in [0, 0.05) is 32.6 Å². The van der Waals surface area contributed by atoms with Crippen molar-refractivity contribution in [1.29, 1.82) is 0 Å². The van der Waals surface area contributed by atoms with Crippen LogP contribution in [0.15, 0.2) is 18.2 Å². The predicted molar refractivity (Wildman–Crippen MR) is 132 cm³/mol. The van der Waals surface area contributed by atoms with Crippen LogP contribution < -0.4 is 24.6 Å². The molecule has 2 amide bonds. The fourth-order valence-electron chi connectivity index (χ4n) is 4.39. The zero-order chi connectivity index (χ0) is 23.9. The number of rotatable bonds is 10. The Balaban J connectivity index is 1.29. The highest BCUT2D eigenvalue weighted by Crippen LogP contribution is 2.32. The highest BCUT2D eigenvalue weighted by atomic mass is 32.1. The van der Waals surface area contributed by atoms with Crippen molar-refractivity contribution in [3.63, 3.8) is 0 Å². The molecule has 2 saturated heterocycles. The molecular formula is C24H33N5O4S. The van der Waals surface area contributed by atoms with E-state index in [1.165, 1.54) is 11.3 Å². The molecule has 1 aromatic carbocycles. The molecule has 1 N–H and O–H groups in total. The molecule has 10 heteroatoms. The Morgan fingerprint density at radius 1 is 1.12 bits per heavy atom. The number of piperidine rings is 1. The fourth-order valence-corrected chi connectivity index (χ4v) is 5.31. The van der Waals surface area contributed by atoms with Crippen molar-refractivity contribution in [2.75, 3.05) is 49.2 Å². The van der Waals surface area contributed by atoms with Gasteiger partial charge in [0.25, 0.3) is 0 Å². The standard InChI is InChI=1S/C24H33N5O4S/c1-3-32-19-10-9-17(15-20(19)33-4-2)11-12-25-22(31)18-7-5-13-28(16-18)23-26-27-24(34-23)29-14-6-8-21(29)30/h9-10,15,18H,3-8,11-14,16H2,1-2H3,(H,25,31)/t18-/m0/s1. The third-order valence-electron chi connectivity index (χ3n) is 6.09. The van der Waals surface area contributed by atoms with E-state index in [1.54, 1.807) is 4.90 Å². The van der Waals surface area contributed by atoms with E-state index in [0.29, 0.717) is 44.4 Å². The molecule has 4 rings (SSSR count). The number of nitrogens with zero attached hydrogens (tertiary/aromatic N) is 4. The van der Waals surface area contributed by atoms with E-state index < -0.39 is 0 Å². The maximum atomic E-state index is 12.9. The third kappa shape index (κ3) is 5.78. The molecule has 184 valence electrons. The fraction of sp³-hybridized carbons (Fsp3) is 0.583. The van der Waals surface area contributed by atoms with Gasteiger partial charge in [-0.05, 0) is 57.2 Å². The zero-order valence-corrected chi connectivity index (χ0v) is 20.7. The van der Waals surface area contributed by atoms with Crippen molar-refractivity contribution in [2.24, 2.45) is 5.92 Å². The first-order valence-corrected chi connectivity index (χ1v) is 13.0. The number of ether oxygens (including phenoxy) is 2. The smallest absolute Gasteiger partial charge is 0.228 e. The van der Waals surface area contributed by atoms with Crippen molar-refractivity contribution in [1.82, 2.24) is 15.5 Å². The molecule has 2 aromatic rings. The number of benzene rings is 1. The molecule has 0 bridgehead atoms. The first-order valence-electron chi connectivity index (χ1n) is 12.1. The van der Waals surface area contributed by atoms with Gasteiger partial charge in [-0.25, -0.2) is 0 Å². The average Bonchev–Trinajstić information content (AvgIpc) is 3.50. The maximum absolute atomic E-state index is 12.9. The van der Waals surface area contributed by atoms with Crippen molar-refractivity contribution in [2.45, 2.75) is 46.0 Å². The van der Waals surface area contributed by atoms with Crippen LogP contribution in [0.4, 0.5) is 10.3 Å². The molecule has 2 aliphatic rings. The first kappa shape index (κ1) is 24.3. The highest BCUT2D eigenvalue weighted by molar-refractivity contribution is 7.19. The summed E-state index contributed by atoms with van der Waals surface area (Å²) < 4.78 is 11.3. The van der Waals surface area contributed by atoms with Gasteiger partial charge in [0.05, 0.1) is 19.1 Å². The number of hydrogen-bond donors (Lipinski definition) is 1. The largest absolute Gasteiger partial charge is 0.490 e. The summed E-state index contributed by atoms with van der Waals surface area (Å²) >= 11 is 1.43. The molecule has 0 aliphatic carbocycles. The molecule has 2 fully saturated rings. The molecule has 0 unspecified atom stereocenters. The summed E-state index contributed by atoms with van der Waals surface area (Å²) in [5.74, 6) is 1.57. The van der Waals surface area contributed by atoms with Gasteiger partial charge in [-0.2, -0.15) is 0 Å². The second kappa shape index (κ2) is 11.5. The maximum Gasteiger partial charge on any atom is 0.228 e. The average molecular weight is 488 g/mol. The number of hydrogen-bond acceptors (Lipinski definition) is 8. The van der Waals surface area contributed by atoms with Crippen molar-refractivity contribution in [3.8, 4) is 11.5 Å². The summed E-state index contributed by atoms with van der Waals surface area (Å²) in [5, 5.41) is 13.1. The summed E-state index contributed by atoms with van der Waals surface area (Å²) in [6.07, 6.45) is 3.94. The molecular weight excluding hydrogens is 454 g/mol. The molecule has 3 heterocycles. The van der Waals surface area contributed by atoms with Crippen LogP contribution >= 0.6 is 11.3 Å². The van der Waals surface area contributed by atoms with E-state index in [-0.39, 0.29) is 17.7 Å². The number of nitrogens with one attached hydrogen (secondary N) is 1. The SMILES string of the molecule is CCOc1ccc(CCNC(=O)[C@H]2CCCN(c3nnc(N4CCCC4=O)s3)C2)cc1OCC. The van der Waals surface area contributed by atoms with Crippen LogP contribution in [0.3, 0.4) is 0 Å². The topological polar surface area (TPSA) is 96.9 Å². The van der Waals surface area contributed by atoms with Gasteiger partial charge in [-0.3, -0.25) is 14.5 Å². The van der Waals surface area contributed by atoms with E-state index in [9.17, 15) is 9.59 Å². The van der Waals surface area contributed by atoms with Crippen LogP contribution in [0.5, 0.6) is 11.5 Å². The minimum atomic E-state index is -0.0890. The summed E-state index contributed by atoms with van der Waals surface area (Å²) in [6, 6.07) is 5.93. The molecule has 0 spiro atoms. The molecule has 34 heavy (non-hydrogen) atoms. The van der Waals surface area contributed by atoms with Gasteiger partial charge >= 0.3 is 0 Å². The molecule has 0 radical (unpaired) electrons. The van der Waals surface area contributed by atoms with Crippen LogP contribution in [-0.2, 0) is 16.0 Å². The monoisotopic (exact) mass is 487 g/mol. The minimum Gasteiger partial charge on any atom is -0.490 e. The van der Waals surface area contributed by atoms with Gasteiger partial charge in [0.15, 0.2) is 11.5 Å². The molecule has 1 aromatic heterocycles. The number of anilines is 2. The number of carbonyl (C=O) groups is 2. The lowest BCUT2D eigenvalue weighted by molar-refractivity contribution is -0.125. The number of amides is 2. The van der Waals surface area contributed by atoms with E-state index >= 15 is 0 Å². The molecule has 2 aliphatic heterocycles. The zero-order valence-electron chi connectivity index (χ0n) is 19.9. The van der Waals surface area contributed by atoms with Gasteiger partial charge in [-0.1, -0.05) is 17.4 Å². The van der Waals surface area contributed by atoms with Crippen molar-refractivity contribution in [3.05, 3.63) is 23.8 Å². The van der Waals surface area contributed by atoms with Crippen LogP contribution in [0.2, 0.25) is 0 Å². The predicted octanol–water partition coefficient (Wildman–Crippen LogP) is 3.04. The normalized spacial score (nSPS) is 18.3. The van der Waals surface area contributed by atoms with Crippen LogP contribution in [0, 0.1) is 5.92 Å². The first-order chi connectivity index (χ1) is 16.6. The number of aromatic nitrogens is 2. The quantitative estimate of drug-likeness (QED) is 0.550. The van der Waals surface area contributed by atoms with Gasteiger partial charge in [-0.15, -0.1) is 10.2 Å². The Kier molecular flexibility index (Phi) is 8.21. The lowest BCUT2D eigenvalue weighted by Gasteiger charge is -2.31. The van der Waals surface area contributed by atoms with Crippen molar-refractivity contribution < 1.29 is 19.1 Å². The minimum absolute atomic E-state index is 0.0696. The van der Waals surface area contributed by atoms with E-state index in [2.05, 4.69) is 20.4 Å². The lowest BCUT2D eigenvalue weighted by Crippen LogP contribution is -2.43. The second-order valence-corrected chi connectivity index (χ2v) is 9.42. The molecule has 0 saturated carbocycles. The summed E-state index contributed by atoms with van der Waals surface area (Å²) in [4.78, 5) is 28.7. The number of carbonyl (C=O) groups excluding carboxylic acids is 2. The summed E-state index contributed by atoms with van der Waals surface area (Å²) in [5.41, 5.74) is 1.09. The molecule has 1 atom stereocenters. The Bertz CT molecular complexity index is 997. The van der Waals surface area contributed by atoms with Gasteiger partial charge < -0.3 is 19.7 Å². The Morgan fingerprint density at radius 2 is 1.91 bits per heavy atom. The second-order valence-electron chi connectivity index (χ2n) is 8.49. The van der Waals surface area contributed by atoms with E-state index in [4.69, 9.17) is 9.47 Å². The van der Waals surface area contributed by atoms with Gasteiger partial charge in [0.2, 0.25) is 22.1 Å². The van der Waals surface area contributed by atoms with Crippen LogP contribution in [-0.4, -0.2) is 61.4 Å². The third-order valence-corrected chi connectivity index (χ3v) is 7.10. The van der Waals surface area contributed by atoms with Crippen molar-refractivity contribution >= 4 is 33.4 Å².